The number of anilines is 1. The second kappa shape index (κ2) is 12.9. The van der Waals surface area contributed by atoms with Gasteiger partial charge in [0.15, 0.2) is 11.5 Å². The van der Waals surface area contributed by atoms with Crippen molar-refractivity contribution in [3.8, 4) is 11.5 Å². The van der Waals surface area contributed by atoms with E-state index in [1.165, 1.54) is 17.7 Å². The molecule has 2 amide bonds. The van der Waals surface area contributed by atoms with Gasteiger partial charge >= 0.3 is 24.4 Å². The number of nitrogens with one attached hydrogen (secondary N) is 2. The zero-order valence-electron chi connectivity index (χ0n) is 22.8. The molecule has 2 aliphatic rings. The molecule has 1 saturated heterocycles. The van der Waals surface area contributed by atoms with E-state index >= 15 is 0 Å². The van der Waals surface area contributed by atoms with Crippen LogP contribution in [0.3, 0.4) is 0 Å². The van der Waals surface area contributed by atoms with Crippen molar-refractivity contribution in [1.82, 2.24) is 10.2 Å². The number of urea groups is 1. The van der Waals surface area contributed by atoms with Crippen molar-refractivity contribution < 1.29 is 50.5 Å². The summed E-state index contributed by atoms with van der Waals surface area (Å²) >= 11 is 5.73. The molecule has 1 saturated carbocycles. The Bertz CT molecular complexity index is 1290. The molecule has 0 aromatic heterocycles. The van der Waals surface area contributed by atoms with Crippen LogP contribution in [0.15, 0.2) is 36.4 Å². The first-order valence-corrected chi connectivity index (χ1v) is 13.1. The van der Waals surface area contributed by atoms with E-state index in [-0.39, 0.29) is 28.2 Å². The molecule has 0 bridgehead atoms. The summed E-state index contributed by atoms with van der Waals surface area (Å²) in [5.74, 6) is -1.41. The van der Waals surface area contributed by atoms with Gasteiger partial charge < -0.3 is 30.1 Å². The normalized spacial score (nSPS) is 22.3. The molecular formula is C27H30ClF6N3O5. The third-order valence-electron chi connectivity index (χ3n) is 7.60. The molecule has 42 heavy (non-hydrogen) atoms. The maximum absolute atomic E-state index is 13.4. The highest BCUT2D eigenvalue weighted by Gasteiger charge is 2.50. The number of hydrogen-bond donors (Lipinski definition) is 3. The van der Waals surface area contributed by atoms with Crippen LogP contribution < -0.4 is 20.1 Å². The molecule has 8 nitrogen and oxygen atoms in total. The van der Waals surface area contributed by atoms with Crippen LogP contribution in [0.5, 0.6) is 11.5 Å². The molecule has 3 N–H and O–H groups in total. The van der Waals surface area contributed by atoms with E-state index in [0.29, 0.717) is 24.3 Å². The van der Waals surface area contributed by atoms with Crippen molar-refractivity contribution in [2.75, 3.05) is 33.1 Å². The van der Waals surface area contributed by atoms with E-state index in [4.69, 9.17) is 31.0 Å². The minimum Gasteiger partial charge on any atom is -0.493 e. The third kappa shape index (κ3) is 7.51. The van der Waals surface area contributed by atoms with E-state index < -0.39 is 29.9 Å². The van der Waals surface area contributed by atoms with Gasteiger partial charge in [-0.2, -0.15) is 26.3 Å². The SMILES string of the molecule is COc1ccc(C23CCC(NC(=O)Nc4ccc(Cl)cc4C(F)(F)F)CC2N(C)CC3)cc1OC.O=C(O)C(F)(F)F. The molecule has 3 unspecified atom stereocenters. The van der Waals surface area contributed by atoms with E-state index in [1.807, 2.05) is 12.1 Å². The fourth-order valence-electron chi connectivity index (χ4n) is 5.60. The average molecular weight is 626 g/mol. The molecule has 4 rings (SSSR count). The number of aliphatic carboxylic acids is 1. The number of carbonyl (C=O) groups is 2. The highest BCUT2D eigenvalue weighted by molar-refractivity contribution is 6.30. The molecule has 0 spiro atoms. The Morgan fingerprint density at radius 1 is 1.02 bits per heavy atom. The van der Waals surface area contributed by atoms with Gasteiger partial charge in [-0.05, 0) is 75.2 Å². The lowest BCUT2D eigenvalue weighted by Crippen LogP contribution is -2.52. The Hall–Kier alpha value is -3.39. The fraction of sp³-hybridized carbons (Fsp3) is 0.481. The van der Waals surface area contributed by atoms with Gasteiger partial charge in [0.2, 0.25) is 0 Å². The van der Waals surface area contributed by atoms with Gasteiger partial charge in [0.25, 0.3) is 0 Å². The Morgan fingerprint density at radius 2 is 1.67 bits per heavy atom. The Labute approximate surface area is 242 Å². The van der Waals surface area contributed by atoms with Crippen LogP contribution >= 0.6 is 11.6 Å². The lowest BCUT2D eigenvalue weighted by Gasteiger charge is -2.45. The number of carbonyl (C=O) groups excluding carboxylic acids is 1. The van der Waals surface area contributed by atoms with Crippen molar-refractivity contribution in [3.05, 3.63) is 52.5 Å². The molecule has 3 atom stereocenters. The number of likely N-dealkylation sites (tertiary alicyclic amines) is 1. The van der Waals surface area contributed by atoms with Crippen molar-refractivity contribution in [3.63, 3.8) is 0 Å². The lowest BCUT2D eigenvalue weighted by molar-refractivity contribution is -0.192. The van der Waals surface area contributed by atoms with Crippen LogP contribution in [-0.2, 0) is 16.4 Å². The number of carboxylic acids is 1. The highest BCUT2D eigenvalue weighted by atomic mass is 35.5. The summed E-state index contributed by atoms with van der Waals surface area (Å²) in [6.45, 7) is 0.914. The number of nitrogens with zero attached hydrogens (tertiary/aromatic N) is 1. The third-order valence-corrected chi connectivity index (χ3v) is 7.83. The van der Waals surface area contributed by atoms with Crippen molar-refractivity contribution >= 4 is 29.3 Å². The summed E-state index contributed by atoms with van der Waals surface area (Å²) in [5.41, 5.74) is -0.231. The van der Waals surface area contributed by atoms with Crippen molar-refractivity contribution in [2.24, 2.45) is 0 Å². The Kier molecular flexibility index (Phi) is 10.1. The predicted octanol–water partition coefficient (Wildman–Crippen LogP) is 6.33. The second-order valence-electron chi connectivity index (χ2n) is 10.0. The summed E-state index contributed by atoms with van der Waals surface area (Å²) in [4.78, 5) is 23.8. The quantitative estimate of drug-likeness (QED) is 0.336. The number of ether oxygens (including phenoxy) is 2. The zero-order valence-corrected chi connectivity index (χ0v) is 23.6. The van der Waals surface area contributed by atoms with Gasteiger partial charge in [-0.3, -0.25) is 0 Å². The molecule has 2 aromatic carbocycles. The number of halogens is 7. The fourth-order valence-corrected chi connectivity index (χ4v) is 5.77. The number of likely N-dealkylation sites (N-methyl/N-ethyl adjacent to an activating group) is 1. The summed E-state index contributed by atoms with van der Waals surface area (Å²) in [7, 11) is 5.28. The molecule has 2 fully saturated rings. The number of benzene rings is 2. The number of rotatable bonds is 5. The second-order valence-corrected chi connectivity index (χ2v) is 10.5. The van der Waals surface area contributed by atoms with Gasteiger partial charge in [-0.15, -0.1) is 0 Å². The maximum atomic E-state index is 13.4. The van der Waals surface area contributed by atoms with Crippen LogP contribution in [0.4, 0.5) is 36.8 Å². The minimum absolute atomic E-state index is 0.0497. The first-order chi connectivity index (χ1) is 19.5. The molecule has 15 heteroatoms. The van der Waals surface area contributed by atoms with Gasteiger partial charge in [0.05, 0.1) is 25.5 Å². The van der Waals surface area contributed by atoms with Crippen molar-refractivity contribution in [1.29, 1.82) is 0 Å². The number of methoxy groups -OCH3 is 2. The van der Waals surface area contributed by atoms with E-state index in [1.54, 1.807) is 14.2 Å². The topological polar surface area (TPSA) is 100 Å². The zero-order chi connectivity index (χ0) is 31.5. The Morgan fingerprint density at radius 3 is 2.24 bits per heavy atom. The first-order valence-electron chi connectivity index (χ1n) is 12.7. The Balaban J connectivity index is 0.000000616. The van der Waals surface area contributed by atoms with Gasteiger partial charge in [-0.1, -0.05) is 17.7 Å². The number of amides is 2. The number of hydrogen-bond acceptors (Lipinski definition) is 5. The molecule has 0 radical (unpaired) electrons. The number of alkyl halides is 6. The monoisotopic (exact) mass is 625 g/mol. The highest BCUT2D eigenvalue weighted by Crippen LogP contribution is 2.50. The van der Waals surface area contributed by atoms with Crippen LogP contribution in [0.2, 0.25) is 5.02 Å². The number of fused-ring (bicyclic) bond motifs is 1. The van der Waals surface area contributed by atoms with E-state index in [9.17, 15) is 31.1 Å². The largest absolute Gasteiger partial charge is 0.493 e. The first kappa shape index (κ1) is 33.1. The lowest BCUT2D eigenvalue weighted by atomic mass is 9.65. The standard InChI is InChI=1S/C25H29ClF3N3O3.C2HF3O2/c1-32-11-10-24(15-4-7-20(34-2)21(12-15)35-3)9-8-17(14-22(24)32)30-23(33)31-19-6-5-16(26)13-18(19)25(27,28)29;3-2(4,5)1(6)7/h4-7,12-13,17,22H,8-11,14H2,1-3H3,(H2,30,31,33);(H,6,7). The smallest absolute Gasteiger partial charge is 0.490 e. The average Bonchev–Trinajstić information content (AvgIpc) is 3.25. The maximum Gasteiger partial charge on any atom is 0.490 e. The van der Waals surface area contributed by atoms with Crippen LogP contribution in [0.25, 0.3) is 0 Å². The van der Waals surface area contributed by atoms with E-state index in [0.717, 1.165) is 25.5 Å². The molecule has 1 aliphatic carbocycles. The summed E-state index contributed by atoms with van der Waals surface area (Å²) in [6, 6.07) is 8.65. The van der Waals surface area contributed by atoms with Gasteiger partial charge in [0, 0.05) is 22.5 Å². The summed E-state index contributed by atoms with van der Waals surface area (Å²) < 4.78 is 82.8. The minimum atomic E-state index is -5.08. The van der Waals surface area contributed by atoms with Gasteiger partial charge in [0.1, 0.15) is 0 Å². The number of carboxylic acid groups (broad SMARTS) is 1. The summed E-state index contributed by atoms with van der Waals surface area (Å²) in [6.07, 6.45) is -6.52. The predicted molar refractivity (Wildman–Crippen MR) is 142 cm³/mol. The molecule has 232 valence electrons. The molecule has 1 aliphatic heterocycles. The van der Waals surface area contributed by atoms with Crippen molar-refractivity contribution in [2.45, 2.75) is 55.5 Å². The molecular weight excluding hydrogens is 596 g/mol. The van der Waals surface area contributed by atoms with Crippen LogP contribution in [-0.4, -0.2) is 68.1 Å². The van der Waals surface area contributed by atoms with Crippen LogP contribution in [0.1, 0.15) is 36.8 Å². The van der Waals surface area contributed by atoms with Crippen LogP contribution in [0, 0.1) is 0 Å². The van der Waals surface area contributed by atoms with Gasteiger partial charge in [-0.25, -0.2) is 9.59 Å². The van der Waals surface area contributed by atoms with E-state index in [2.05, 4.69) is 28.6 Å². The molecule has 2 aromatic rings. The summed E-state index contributed by atoms with van der Waals surface area (Å²) in [5, 5.41) is 12.3. The molecule has 1 heterocycles.